The van der Waals surface area contributed by atoms with Crippen LogP contribution in [0.5, 0.6) is 0 Å². The molecule has 1 aliphatic rings. The predicted molar refractivity (Wildman–Crippen MR) is 64.8 cm³/mol. The number of alkyl carbamates (subject to hydrolysis) is 1. The van der Waals surface area contributed by atoms with Gasteiger partial charge in [0.25, 0.3) is 0 Å². The zero-order chi connectivity index (χ0) is 12.9. The molecule has 0 aromatic carbocycles. The van der Waals surface area contributed by atoms with E-state index in [0.29, 0.717) is 0 Å². The highest BCUT2D eigenvalue weighted by atomic mass is 16.6. The number of ketones is 1. The molecule has 5 heteroatoms. The van der Waals surface area contributed by atoms with Crippen LogP contribution in [0.15, 0.2) is 0 Å². The molecule has 0 aromatic rings. The van der Waals surface area contributed by atoms with Gasteiger partial charge in [-0.15, -0.1) is 0 Å². The van der Waals surface area contributed by atoms with Gasteiger partial charge < -0.3 is 15.4 Å². The number of amides is 1. The number of piperidine rings is 1. The molecule has 1 unspecified atom stereocenters. The molecule has 1 heterocycles. The summed E-state index contributed by atoms with van der Waals surface area (Å²) in [6.45, 7) is 7.12. The van der Waals surface area contributed by atoms with Crippen molar-refractivity contribution in [2.45, 2.75) is 39.2 Å². The van der Waals surface area contributed by atoms with E-state index in [1.54, 1.807) is 20.8 Å². The van der Waals surface area contributed by atoms with Crippen molar-refractivity contribution in [2.24, 2.45) is 5.92 Å². The summed E-state index contributed by atoms with van der Waals surface area (Å²) in [5, 5.41) is 5.67. The van der Waals surface area contributed by atoms with Gasteiger partial charge in [-0.05, 0) is 40.2 Å². The van der Waals surface area contributed by atoms with E-state index in [1.807, 2.05) is 0 Å². The van der Waals surface area contributed by atoms with Gasteiger partial charge in [-0.25, -0.2) is 4.79 Å². The number of rotatable bonds is 3. The van der Waals surface area contributed by atoms with E-state index in [1.165, 1.54) is 0 Å². The maximum absolute atomic E-state index is 11.8. The summed E-state index contributed by atoms with van der Waals surface area (Å²) in [5.74, 6) is 0.0988. The molecule has 0 radical (unpaired) electrons. The number of carbonyl (C=O) groups excluding carboxylic acids is 2. The fourth-order valence-corrected chi connectivity index (χ4v) is 1.74. The summed E-state index contributed by atoms with van der Waals surface area (Å²) in [7, 11) is 0. The zero-order valence-corrected chi connectivity index (χ0v) is 10.8. The molecule has 0 aromatic heterocycles. The maximum Gasteiger partial charge on any atom is 0.408 e. The van der Waals surface area contributed by atoms with Crippen molar-refractivity contribution in [3.63, 3.8) is 0 Å². The number of hydrogen-bond acceptors (Lipinski definition) is 4. The minimum absolute atomic E-state index is 0.0266. The SMILES string of the molecule is CC(C)(C)OC(=O)NCC(=O)C1CCCNC1. The Balaban J connectivity index is 2.25. The van der Waals surface area contributed by atoms with Crippen LogP contribution < -0.4 is 10.6 Å². The van der Waals surface area contributed by atoms with Gasteiger partial charge in [0.1, 0.15) is 5.60 Å². The fourth-order valence-electron chi connectivity index (χ4n) is 1.74. The van der Waals surface area contributed by atoms with Gasteiger partial charge in [-0.1, -0.05) is 0 Å². The third kappa shape index (κ3) is 5.68. The normalized spacial score (nSPS) is 20.8. The second-order valence-corrected chi connectivity index (χ2v) is 5.37. The first kappa shape index (κ1) is 14.0. The summed E-state index contributed by atoms with van der Waals surface area (Å²) in [6.07, 6.45) is 1.39. The lowest BCUT2D eigenvalue weighted by atomic mass is 9.95. The molecule has 1 saturated heterocycles. The van der Waals surface area contributed by atoms with Crippen molar-refractivity contribution in [1.82, 2.24) is 10.6 Å². The van der Waals surface area contributed by atoms with Crippen molar-refractivity contribution < 1.29 is 14.3 Å². The number of ether oxygens (including phenoxy) is 1. The Morgan fingerprint density at radius 3 is 2.65 bits per heavy atom. The van der Waals surface area contributed by atoms with Crippen LogP contribution in [0.2, 0.25) is 0 Å². The molecule has 1 aliphatic heterocycles. The maximum atomic E-state index is 11.8. The molecular weight excluding hydrogens is 220 g/mol. The Morgan fingerprint density at radius 1 is 1.41 bits per heavy atom. The highest BCUT2D eigenvalue weighted by molar-refractivity contribution is 5.86. The van der Waals surface area contributed by atoms with Crippen molar-refractivity contribution in [2.75, 3.05) is 19.6 Å². The van der Waals surface area contributed by atoms with Crippen molar-refractivity contribution >= 4 is 11.9 Å². The molecule has 1 atom stereocenters. The summed E-state index contributed by atoms with van der Waals surface area (Å²) < 4.78 is 5.06. The number of hydrogen-bond donors (Lipinski definition) is 2. The van der Waals surface area contributed by atoms with Gasteiger partial charge in [0, 0.05) is 12.5 Å². The molecule has 0 spiro atoms. The molecule has 0 aliphatic carbocycles. The Kier molecular flexibility index (Phi) is 4.93. The van der Waals surface area contributed by atoms with Crippen LogP contribution in [-0.2, 0) is 9.53 Å². The average molecular weight is 242 g/mol. The van der Waals surface area contributed by atoms with Crippen LogP contribution in [0.1, 0.15) is 33.6 Å². The highest BCUT2D eigenvalue weighted by Gasteiger charge is 2.22. The lowest BCUT2D eigenvalue weighted by Crippen LogP contribution is -2.41. The number of nitrogens with one attached hydrogen (secondary N) is 2. The molecule has 0 bridgehead atoms. The Hall–Kier alpha value is -1.10. The van der Waals surface area contributed by atoms with Crippen molar-refractivity contribution in [3.05, 3.63) is 0 Å². The average Bonchev–Trinajstić information content (AvgIpc) is 2.25. The first-order valence-corrected chi connectivity index (χ1v) is 6.09. The molecule has 98 valence electrons. The summed E-state index contributed by atoms with van der Waals surface area (Å²) in [4.78, 5) is 23.1. The van der Waals surface area contributed by atoms with Gasteiger partial charge in [-0.3, -0.25) is 4.79 Å². The van der Waals surface area contributed by atoms with E-state index in [9.17, 15) is 9.59 Å². The lowest BCUT2D eigenvalue weighted by molar-refractivity contribution is -0.122. The Bertz CT molecular complexity index is 278. The molecular formula is C12H22N2O3. The van der Waals surface area contributed by atoms with Crippen LogP contribution in [0.3, 0.4) is 0 Å². The van der Waals surface area contributed by atoms with Crippen LogP contribution in [0.25, 0.3) is 0 Å². The zero-order valence-electron chi connectivity index (χ0n) is 10.8. The standard InChI is InChI=1S/C12H22N2O3/c1-12(2,3)17-11(16)14-8-10(15)9-5-4-6-13-7-9/h9,13H,4-8H2,1-3H3,(H,14,16). The number of carbonyl (C=O) groups is 2. The van der Waals surface area contributed by atoms with E-state index in [4.69, 9.17) is 4.74 Å². The Morgan fingerprint density at radius 2 is 2.12 bits per heavy atom. The minimum Gasteiger partial charge on any atom is -0.444 e. The molecule has 1 fully saturated rings. The molecule has 5 nitrogen and oxygen atoms in total. The van der Waals surface area contributed by atoms with E-state index >= 15 is 0 Å². The first-order chi connectivity index (χ1) is 7.88. The van der Waals surface area contributed by atoms with Gasteiger partial charge in [-0.2, -0.15) is 0 Å². The van der Waals surface area contributed by atoms with Crippen molar-refractivity contribution in [3.8, 4) is 0 Å². The van der Waals surface area contributed by atoms with Gasteiger partial charge in [0.15, 0.2) is 5.78 Å². The smallest absolute Gasteiger partial charge is 0.408 e. The monoisotopic (exact) mass is 242 g/mol. The minimum atomic E-state index is -0.533. The molecule has 1 amide bonds. The quantitative estimate of drug-likeness (QED) is 0.777. The second kappa shape index (κ2) is 6.00. The summed E-state index contributed by atoms with van der Waals surface area (Å²) in [5.41, 5.74) is -0.528. The van der Waals surface area contributed by atoms with Gasteiger partial charge in [0.05, 0.1) is 6.54 Å². The molecule has 1 rings (SSSR count). The largest absolute Gasteiger partial charge is 0.444 e. The van der Waals surface area contributed by atoms with Crippen LogP contribution in [-0.4, -0.2) is 37.1 Å². The van der Waals surface area contributed by atoms with Gasteiger partial charge in [0.2, 0.25) is 0 Å². The lowest BCUT2D eigenvalue weighted by Gasteiger charge is -2.22. The van der Waals surface area contributed by atoms with Crippen molar-refractivity contribution in [1.29, 1.82) is 0 Å². The van der Waals surface area contributed by atoms with Gasteiger partial charge >= 0.3 is 6.09 Å². The second-order valence-electron chi connectivity index (χ2n) is 5.37. The third-order valence-corrected chi connectivity index (χ3v) is 2.56. The molecule has 17 heavy (non-hydrogen) atoms. The predicted octanol–water partition coefficient (Wildman–Crippen LogP) is 1.08. The third-order valence-electron chi connectivity index (χ3n) is 2.56. The van der Waals surface area contributed by atoms with E-state index < -0.39 is 11.7 Å². The first-order valence-electron chi connectivity index (χ1n) is 6.09. The summed E-state index contributed by atoms with van der Waals surface area (Å²) in [6, 6.07) is 0. The van der Waals surface area contributed by atoms with E-state index in [-0.39, 0.29) is 18.2 Å². The molecule has 0 saturated carbocycles. The summed E-state index contributed by atoms with van der Waals surface area (Å²) >= 11 is 0. The Labute approximate surface area is 102 Å². The van der Waals surface area contributed by atoms with E-state index in [2.05, 4.69) is 10.6 Å². The number of Topliss-reactive ketones (excluding diaryl/α,β-unsaturated/α-hetero) is 1. The van der Waals surface area contributed by atoms with E-state index in [0.717, 1.165) is 25.9 Å². The fraction of sp³-hybridized carbons (Fsp3) is 0.833. The highest BCUT2D eigenvalue weighted by Crippen LogP contribution is 2.11. The molecule has 2 N–H and O–H groups in total. The topological polar surface area (TPSA) is 67.4 Å². The van der Waals surface area contributed by atoms with Crippen LogP contribution >= 0.6 is 0 Å². The van der Waals surface area contributed by atoms with Crippen LogP contribution in [0.4, 0.5) is 4.79 Å². The van der Waals surface area contributed by atoms with Crippen LogP contribution in [0, 0.1) is 5.92 Å².